The summed E-state index contributed by atoms with van der Waals surface area (Å²) in [7, 11) is 1.66. The van der Waals surface area contributed by atoms with E-state index < -0.39 is 0 Å². The van der Waals surface area contributed by atoms with E-state index in [1.165, 1.54) is 32.1 Å². The van der Waals surface area contributed by atoms with Gasteiger partial charge < -0.3 is 15.2 Å². The van der Waals surface area contributed by atoms with Gasteiger partial charge in [0.2, 0.25) is 0 Å². The predicted molar refractivity (Wildman–Crippen MR) is 77.7 cm³/mol. The third-order valence-corrected chi connectivity index (χ3v) is 4.02. The highest BCUT2D eigenvalue weighted by atomic mass is 16.5. The molecule has 1 aliphatic carbocycles. The number of methoxy groups -OCH3 is 1. The van der Waals surface area contributed by atoms with Crippen molar-refractivity contribution in [3.05, 3.63) is 24.3 Å². The molecule has 3 nitrogen and oxygen atoms in total. The van der Waals surface area contributed by atoms with E-state index in [-0.39, 0.29) is 6.04 Å². The van der Waals surface area contributed by atoms with Crippen LogP contribution >= 0.6 is 0 Å². The van der Waals surface area contributed by atoms with Gasteiger partial charge in [-0.2, -0.15) is 0 Å². The van der Waals surface area contributed by atoms with Gasteiger partial charge in [0.05, 0.1) is 13.7 Å². The van der Waals surface area contributed by atoms with Crippen molar-refractivity contribution in [2.24, 2.45) is 11.7 Å². The van der Waals surface area contributed by atoms with Gasteiger partial charge in [0.25, 0.3) is 0 Å². The van der Waals surface area contributed by atoms with Crippen molar-refractivity contribution in [2.75, 3.05) is 13.7 Å². The van der Waals surface area contributed by atoms with E-state index in [0.29, 0.717) is 12.5 Å². The SMILES string of the molecule is COc1cccc(OCCC(N)C2CCCCC2)c1. The van der Waals surface area contributed by atoms with Crippen molar-refractivity contribution in [1.29, 1.82) is 0 Å². The number of hydrogen-bond acceptors (Lipinski definition) is 3. The van der Waals surface area contributed by atoms with Crippen molar-refractivity contribution in [3.63, 3.8) is 0 Å². The third kappa shape index (κ3) is 4.43. The van der Waals surface area contributed by atoms with Gasteiger partial charge in [-0.05, 0) is 37.3 Å². The molecule has 0 aliphatic heterocycles. The van der Waals surface area contributed by atoms with Gasteiger partial charge in [-0.3, -0.25) is 0 Å². The maximum atomic E-state index is 6.26. The van der Waals surface area contributed by atoms with Gasteiger partial charge in [0.1, 0.15) is 11.5 Å². The zero-order valence-corrected chi connectivity index (χ0v) is 11.8. The van der Waals surface area contributed by atoms with Crippen molar-refractivity contribution in [2.45, 2.75) is 44.6 Å². The number of hydrogen-bond donors (Lipinski definition) is 1. The summed E-state index contributed by atoms with van der Waals surface area (Å²) < 4.78 is 10.9. The molecule has 1 unspecified atom stereocenters. The van der Waals surface area contributed by atoms with Crippen LogP contribution in [0.15, 0.2) is 24.3 Å². The van der Waals surface area contributed by atoms with Crippen LogP contribution in [0, 0.1) is 5.92 Å². The Kier molecular flexibility index (Phi) is 5.52. The van der Waals surface area contributed by atoms with Gasteiger partial charge in [-0.25, -0.2) is 0 Å². The summed E-state index contributed by atoms with van der Waals surface area (Å²) in [4.78, 5) is 0. The van der Waals surface area contributed by atoms with Crippen LogP contribution in [-0.2, 0) is 0 Å². The Bertz CT molecular complexity index is 375. The van der Waals surface area contributed by atoms with Crippen LogP contribution in [-0.4, -0.2) is 19.8 Å². The van der Waals surface area contributed by atoms with Crippen LogP contribution in [0.4, 0.5) is 0 Å². The second-order valence-corrected chi connectivity index (χ2v) is 5.38. The first-order chi connectivity index (χ1) is 9.29. The monoisotopic (exact) mass is 263 g/mol. The van der Waals surface area contributed by atoms with Crippen LogP contribution in [0.5, 0.6) is 11.5 Å². The molecule has 1 aliphatic rings. The zero-order chi connectivity index (χ0) is 13.5. The fourth-order valence-electron chi connectivity index (χ4n) is 2.80. The van der Waals surface area contributed by atoms with Gasteiger partial charge in [-0.15, -0.1) is 0 Å². The van der Waals surface area contributed by atoms with Crippen LogP contribution in [0.25, 0.3) is 0 Å². The molecule has 2 N–H and O–H groups in total. The molecule has 106 valence electrons. The first-order valence-corrected chi connectivity index (χ1v) is 7.32. The van der Waals surface area contributed by atoms with E-state index in [2.05, 4.69) is 0 Å². The minimum Gasteiger partial charge on any atom is -0.497 e. The lowest BCUT2D eigenvalue weighted by Crippen LogP contribution is -2.33. The highest BCUT2D eigenvalue weighted by Gasteiger charge is 2.20. The Morgan fingerprint density at radius 1 is 1.21 bits per heavy atom. The fourth-order valence-corrected chi connectivity index (χ4v) is 2.80. The number of benzene rings is 1. The summed E-state index contributed by atoms with van der Waals surface area (Å²) in [5.74, 6) is 2.38. The van der Waals surface area contributed by atoms with Crippen molar-refractivity contribution in [3.8, 4) is 11.5 Å². The van der Waals surface area contributed by atoms with Gasteiger partial charge in [0, 0.05) is 12.1 Å². The summed E-state index contributed by atoms with van der Waals surface area (Å²) in [6.45, 7) is 0.685. The normalized spacial score (nSPS) is 18.0. The third-order valence-electron chi connectivity index (χ3n) is 4.02. The van der Waals surface area contributed by atoms with E-state index in [1.807, 2.05) is 24.3 Å². The topological polar surface area (TPSA) is 44.5 Å². The van der Waals surface area contributed by atoms with Crippen molar-refractivity contribution >= 4 is 0 Å². The van der Waals surface area contributed by atoms with Gasteiger partial charge in [-0.1, -0.05) is 25.3 Å². The smallest absolute Gasteiger partial charge is 0.122 e. The largest absolute Gasteiger partial charge is 0.497 e. The molecule has 0 aromatic heterocycles. The molecular formula is C16H25NO2. The molecule has 0 amide bonds. The molecule has 1 fully saturated rings. The summed E-state index contributed by atoms with van der Waals surface area (Å²) in [6.07, 6.45) is 7.58. The van der Waals surface area contributed by atoms with Crippen molar-refractivity contribution in [1.82, 2.24) is 0 Å². The molecule has 1 aromatic carbocycles. The Hall–Kier alpha value is -1.22. The first kappa shape index (κ1) is 14.2. The van der Waals surface area contributed by atoms with E-state index >= 15 is 0 Å². The Labute approximate surface area is 116 Å². The Balaban J connectivity index is 1.72. The number of nitrogens with two attached hydrogens (primary N) is 1. The molecule has 0 bridgehead atoms. The van der Waals surface area contributed by atoms with E-state index in [0.717, 1.165) is 17.9 Å². The Morgan fingerprint density at radius 3 is 2.68 bits per heavy atom. The maximum absolute atomic E-state index is 6.26. The fraction of sp³-hybridized carbons (Fsp3) is 0.625. The molecule has 1 atom stereocenters. The van der Waals surface area contributed by atoms with Crippen LogP contribution < -0.4 is 15.2 Å². The highest BCUT2D eigenvalue weighted by Crippen LogP contribution is 2.27. The quantitative estimate of drug-likeness (QED) is 0.855. The average molecular weight is 263 g/mol. The molecule has 3 heteroatoms. The van der Waals surface area contributed by atoms with E-state index in [9.17, 15) is 0 Å². The zero-order valence-electron chi connectivity index (χ0n) is 11.8. The lowest BCUT2D eigenvalue weighted by molar-refractivity contribution is 0.243. The summed E-state index contributed by atoms with van der Waals surface area (Å²) in [5, 5.41) is 0. The standard InChI is InChI=1S/C16H25NO2/c1-18-14-8-5-9-15(12-14)19-11-10-16(17)13-6-3-2-4-7-13/h5,8-9,12-13,16H,2-4,6-7,10-11,17H2,1H3. The summed E-state index contributed by atoms with van der Waals surface area (Å²) >= 11 is 0. The molecule has 19 heavy (non-hydrogen) atoms. The highest BCUT2D eigenvalue weighted by molar-refractivity contribution is 5.32. The van der Waals surface area contributed by atoms with E-state index in [4.69, 9.17) is 15.2 Å². The predicted octanol–water partition coefficient (Wildman–Crippen LogP) is 3.37. The minimum atomic E-state index is 0.283. The molecule has 0 saturated heterocycles. The van der Waals surface area contributed by atoms with Crippen LogP contribution in [0.2, 0.25) is 0 Å². The Morgan fingerprint density at radius 2 is 1.95 bits per heavy atom. The summed E-state index contributed by atoms with van der Waals surface area (Å²) in [5.41, 5.74) is 6.26. The second-order valence-electron chi connectivity index (χ2n) is 5.38. The molecular weight excluding hydrogens is 238 g/mol. The van der Waals surface area contributed by atoms with Crippen LogP contribution in [0.3, 0.4) is 0 Å². The lowest BCUT2D eigenvalue weighted by atomic mass is 9.83. The molecule has 1 aromatic rings. The molecule has 0 spiro atoms. The maximum Gasteiger partial charge on any atom is 0.122 e. The van der Waals surface area contributed by atoms with Crippen LogP contribution in [0.1, 0.15) is 38.5 Å². The molecule has 0 heterocycles. The average Bonchev–Trinajstić information content (AvgIpc) is 2.48. The van der Waals surface area contributed by atoms with Gasteiger partial charge >= 0.3 is 0 Å². The number of rotatable bonds is 6. The number of ether oxygens (including phenoxy) is 2. The minimum absolute atomic E-state index is 0.283. The second kappa shape index (κ2) is 7.39. The first-order valence-electron chi connectivity index (χ1n) is 7.32. The van der Waals surface area contributed by atoms with Crippen molar-refractivity contribution < 1.29 is 9.47 Å². The lowest BCUT2D eigenvalue weighted by Gasteiger charge is -2.27. The van der Waals surface area contributed by atoms with Gasteiger partial charge in [0.15, 0.2) is 0 Å². The molecule has 0 radical (unpaired) electrons. The molecule has 2 rings (SSSR count). The summed E-state index contributed by atoms with van der Waals surface area (Å²) in [6, 6.07) is 8.00. The molecule has 1 saturated carbocycles. The van der Waals surface area contributed by atoms with E-state index in [1.54, 1.807) is 7.11 Å².